The molecule has 1 aromatic rings. The van der Waals surface area contributed by atoms with E-state index in [0.717, 1.165) is 0 Å². The molecule has 3 nitrogen and oxygen atoms in total. The molecule has 0 bridgehead atoms. The topological polar surface area (TPSA) is 59.1 Å². The zero-order valence-electron chi connectivity index (χ0n) is 9.76. The lowest BCUT2D eigenvalue weighted by Crippen LogP contribution is -2.46. The summed E-state index contributed by atoms with van der Waals surface area (Å²) in [4.78, 5) is 0. The van der Waals surface area contributed by atoms with Crippen LogP contribution in [0.25, 0.3) is 0 Å². The maximum absolute atomic E-state index is 7.70. The van der Waals surface area contributed by atoms with Crippen LogP contribution in [0, 0.1) is 11.3 Å². The Morgan fingerprint density at radius 1 is 1.24 bits per heavy atom. The van der Waals surface area contributed by atoms with Crippen LogP contribution in [-0.4, -0.2) is 11.4 Å². The second-order valence-corrected chi connectivity index (χ2v) is 4.20. The first kappa shape index (κ1) is 11.5. The molecule has 0 fully saturated rings. The van der Waals surface area contributed by atoms with Gasteiger partial charge in [0, 0.05) is 0 Å². The van der Waals surface area contributed by atoms with Crippen molar-refractivity contribution in [2.75, 3.05) is 0 Å². The molecular formula is C14H16N2O. The first-order valence-electron chi connectivity index (χ1n) is 5.60. The summed E-state index contributed by atoms with van der Waals surface area (Å²) >= 11 is 0. The summed E-state index contributed by atoms with van der Waals surface area (Å²) in [5.74, 6) is 1.04. The van der Waals surface area contributed by atoms with Crippen LogP contribution in [-0.2, 0) is 0 Å². The second-order valence-electron chi connectivity index (χ2n) is 4.20. The third-order valence-corrected chi connectivity index (χ3v) is 2.75. The molecule has 0 atom stereocenters. The molecule has 1 aromatic carbocycles. The Hall–Kier alpha value is -2.03. The van der Waals surface area contributed by atoms with E-state index in [2.05, 4.69) is 6.92 Å². The van der Waals surface area contributed by atoms with Crippen molar-refractivity contribution >= 4 is 5.84 Å². The van der Waals surface area contributed by atoms with Crippen LogP contribution >= 0.6 is 0 Å². The molecule has 0 amide bonds. The van der Waals surface area contributed by atoms with Gasteiger partial charge in [0.25, 0.3) is 0 Å². The Kier molecular flexibility index (Phi) is 3.00. The van der Waals surface area contributed by atoms with E-state index >= 15 is 0 Å². The highest BCUT2D eigenvalue weighted by Crippen LogP contribution is 2.25. The first-order valence-corrected chi connectivity index (χ1v) is 5.60. The number of amidine groups is 1. The maximum Gasteiger partial charge on any atom is 0.201 e. The Labute approximate surface area is 101 Å². The van der Waals surface area contributed by atoms with E-state index < -0.39 is 5.60 Å². The summed E-state index contributed by atoms with van der Waals surface area (Å²) in [5.41, 5.74) is 4.71. The van der Waals surface area contributed by atoms with Crippen molar-refractivity contribution < 1.29 is 4.74 Å². The van der Waals surface area contributed by atoms with Crippen LogP contribution in [0.5, 0.6) is 5.75 Å². The standard InChI is InChI=1S/C14H16N2O/c1-11-7-9-14(10-8-11,13(15)16)17-12-5-3-2-4-6-12/h2-11H,1H3,(H3,15,16). The minimum absolute atomic E-state index is 0.0132. The second kappa shape index (κ2) is 4.45. The summed E-state index contributed by atoms with van der Waals surface area (Å²) in [7, 11) is 0. The fourth-order valence-corrected chi connectivity index (χ4v) is 1.70. The van der Waals surface area contributed by atoms with Gasteiger partial charge in [0.05, 0.1) is 0 Å². The third kappa shape index (κ3) is 2.38. The Morgan fingerprint density at radius 3 is 2.35 bits per heavy atom. The quantitative estimate of drug-likeness (QED) is 0.474. The van der Waals surface area contributed by atoms with Crippen molar-refractivity contribution in [3.05, 3.63) is 54.6 Å². The van der Waals surface area contributed by atoms with Crippen LogP contribution in [0.15, 0.2) is 54.6 Å². The molecule has 0 aliphatic heterocycles. The van der Waals surface area contributed by atoms with Gasteiger partial charge in [-0.1, -0.05) is 37.3 Å². The Bertz CT molecular complexity index is 448. The van der Waals surface area contributed by atoms with Gasteiger partial charge in [-0.25, -0.2) is 0 Å². The molecule has 0 spiro atoms. The van der Waals surface area contributed by atoms with Crippen molar-refractivity contribution in [1.82, 2.24) is 0 Å². The summed E-state index contributed by atoms with van der Waals surface area (Å²) in [6.07, 6.45) is 7.66. The van der Waals surface area contributed by atoms with E-state index in [-0.39, 0.29) is 5.84 Å². The number of hydrogen-bond donors (Lipinski definition) is 2. The normalized spacial score (nSPS) is 26.8. The van der Waals surface area contributed by atoms with Gasteiger partial charge in [-0.2, -0.15) is 0 Å². The third-order valence-electron chi connectivity index (χ3n) is 2.75. The highest BCUT2D eigenvalue weighted by molar-refractivity contribution is 5.91. The number of hydrogen-bond acceptors (Lipinski definition) is 2. The highest BCUT2D eigenvalue weighted by Gasteiger charge is 2.32. The molecular weight excluding hydrogens is 212 g/mol. The first-order chi connectivity index (χ1) is 8.12. The average molecular weight is 228 g/mol. The number of allylic oxidation sites excluding steroid dienone is 2. The zero-order valence-corrected chi connectivity index (χ0v) is 9.76. The predicted molar refractivity (Wildman–Crippen MR) is 69.2 cm³/mol. The maximum atomic E-state index is 7.70. The van der Waals surface area contributed by atoms with Crippen molar-refractivity contribution in [3.8, 4) is 5.75 Å². The van der Waals surface area contributed by atoms with Gasteiger partial charge in [-0.05, 0) is 30.2 Å². The molecule has 1 aliphatic carbocycles. The van der Waals surface area contributed by atoms with Crippen LogP contribution in [0.2, 0.25) is 0 Å². The van der Waals surface area contributed by atoms with Gasteiger partial charge >= 0.3 is 0 Å². The molecule has 0 radical (unpaired) electrons. The van der Waals surface area contributed by atoms with Crippen molar-refractivity contribution in [2.24, 2.45) is 11.7 Å². The van der Waals surface area contributed by atoms with Gasteiger partial charge in [0.2, 0.25) is 5.60 Å². The molecule has 3 N–H and O–H groups in total. The number of ether oxygens (including phenoxy) is 1. The van der Waals surface area contributed by atoms with E-state index in [1.165, 1.54) is 0 Å². The molecule has 2 rings (SSSR count). The van der Waals surface area contributed by atoms with Crippen LogP contribution < -0.4 is 10.5 Å². The molecule has 17 heavy (non-hydrogen) atoms. The van der Waals surface area contributed by atoms with Crippen LogP contribution in [0.1, 0.15) is 6.92 Å². The van der Waals surface area contributed by atoms with E-state index in [9.17, 15) is 0 Å². The lowest BCUT2D eigenvalue weighted by atomic mass is 9.92. The molecule has 0 saturated carbocycles. The van der Waals surface area contributed by atoms with E-state index in [4.69, 9.17) is 15.9 Å². The predicted octanol–water partition coefficient (Wildman–Crippen LogP) is 2.50. The average Bonchev–Trinajstić information content (AvgIpc) is 2.33. The minimum atomic E-state index is -0.937. The van der Waals surface area contributed by atoms with Crippen molar-refractivity contribution in [2.45, 2.75) is 12.5 Å². The van der Waals surface area contributed by atoms with Gasteiger partial charge in [-0.3, -0.25) is 5.41 Å². The summed E-state index contributed by atoms with van der Waals surface area (Å²) in [6, 6.07) is 9.40. The van der Waals surface area contributed by atoms with E-state index in [0.29, 0.717) is 11.7 Å². The summed E-state index contributed by atoms with van der Waals surface area (Å²) in [6.45, 7) is 2.07. The molecule has 0 unspecified atom stereocenters. The lowest BCUT2D eigenvalue weighted by molar-refractivity contribution is 0.235. The van der Waals surface area contributed by atoms with Crippen LogP contribution in [0.4, 0.5) is 0 Å². The van der Waals surface area contributed by atoms with Gasteiger partial charge in [0.15, 0.2) is 0 Å². The SMILES string of the molecule is CC1C=CC(Oc2ccccc2)(C(=N)N)C=C1. The summed E-state index contributed by atoms with van der Waals surface area (Å²) < 4.78 is 5.83. The van der Waals surface area contributed by atoms with Gasteiger partial charge in [-0.15, -0.1) is 0 Å². The molecule has 0 saturated heterocycles. The Morgan fingerprint density at radius 2 is 1.82 bits per heavy atom. The van der Waals surface area contributed by atoms with Gasteiger partial charge < -0.3 is 10.5 Å². The fraction of sp³-hybridized carbons (Fsp3) is 0.214. The van der Waals surface area contributed by atoms with Crippen molar-refractivity contribution in [1.29, 1.82) is 5.41 Å². The van der Waals surface area contributed by atoms with Crippen LogP contribution in [0.3, 0.4) is 0 Å². The van der Waals surface area contributed by atoms with E-state index in [1.54, 1.807) is 0 Å². The molecule has 3 heteroatoms. The molecule has 88 valence electrons. The lowest BCUT2D eigenvalue weighted by Gasteiger charge is -2.30. The van der Waals surface area contributed by atoms with E-state index in [1.807, 2.05) is 54.6 Å². The number of benzene rings is 1. The number of rotatable bonds is 3. The molecule has 0 heterocycles. The molecule has 1 aliphatic rings. The van der Waals surface area contributed by atoms with Gasteiger partial charge in [0.1, 0.15) is 11.6 Å². The largest absolute Gasteiger partial charge is 0.471 e. The monoisotopic (exact) mass is 228 g/mol. The number of nitrogens with two attached hydrogens (primary N) is 1. The zero-order chi connectivity index (χ0) is 12.3. The Balaban J connectivity index is 2.28. The fourth-order valence-electron chi connectivity index (χ4n) is 1.70. The highest BCUT2D eigenvalue weighted by atomic mass is 16.5. The van der Waals surface area contributed by atoms with Crippen molar-refractivity contribution in [3.63, 3.8) is 0 Å². The summed E-state index contributed by atoms with van der Waals surface area (Å²) in [5, 5.41) is 7.70. The number of nitrogens with one attached hydrogen (secondary N) is 1. The smallest absolute Gasteiger partial charge is 0.201 e. The molecule has 0 aromatic heterocycles. The minimum Gasteiger partial charge on any atom is -0.471 e. The number of para-hydroxylation sites is 1.